The third kappa shape index (κ3) is 1.73. The van der Waals surface area contributed by atoms with Gasteiger partial charge in [-0.05, 0) is 0 Å². The Balaban J connectivity index is 2.06. The van der Waals surface area contributed by atoms with E-state index in [4.69, 9.17) is 16.3 Å². The lowest BCUT2D eigenvalue weighted by Gasteiger charge is -2.09. The lowest BCUT2D eigenvalue weighted by atomic mass is 10.4. The summed E-state index contributed by atoms with van der Waals surface area (Å²) in [7, 11) is 0. The smallest absolute Gasteiger partial charge is 0.410 e. The molecule has 0 bridgehead atoms. The highest BCUT2D eigenvalue weighted by molar-refractivity contribution is 7.10. The maximum absolute atomic E-state index is 11.0. The number of aromatic nitrogens is 2. The number of carbonyl (C=O) groups is 1. The van der Waals surface area contributed by atoms with E-state index < -0.39 is 0 Å². The van der Waals surface area contributed by atoms with Crippen molar-refractivity contribution in [3.05, 3.63) is 10.0 Å². The summed E-state index contributed by atoms with van der Waals surface area (Å²) in [4.78, 5) is 12.6. The van der Waals surface area contributed by atoms with Crippen LogP contribution < -0.4 is 0 Å². The Bertz CT molecular complexity index is 329. The normalized spacial score (nSPS) is 16.4. The fraction of sp³-hybridized carbons (Fsp3) is 0.500. The zero-order chi connectivity index (χ0) is 9.26. The molecule has 1 aliphatic rings. The van der Waals surface area contributed by atoms with Gasteiger partial charge in [0, 0.05) is 11.5 Å². The standard InChI is InChI=1S/C6H6ClN3O2S/c7-5-4(8-9-13-5)3-10-1-2-12-6(10)11/h1-3H2. The quantitative estimate of drug-likeness (QED) is 0.749. The van der Waals surface area contributed by atoms with Crippen molar-refractivity contribution in [3.8, 4) is 0 Å². The minimum Gasteiger partial charge on any atom is -0.448 e. The first-order valence-corrected chi connectivity index (χ1v) is 4.81. The van der Waals surface area contributed by atoms with Crippen molar-refractivity contribution >= 4 is 29.2 Å². The molecule has 7 heteroatoms. The Hall–Kier alpha value is -0.880. The van der Waals surface area contributed by atoms with E-state index >= 15 is 0 Å². The second-order valence-corrected chi connectivity index (χ2v) is 3.89. The van der Waals surface area contributed by atoms with Gasteiger partial charge < -0.3 is 4.74 Å². The van der Waals surface area contributed by atoms with Gasteiger partial charge in [-0.2, -0.15) is 0 Å². The second-order valence-electron chi connectivity index (χ2n) is 2.53. The second kappa shape index (κ2) is 3.47. The molecule has 0 unspecified atom stereocenters. The predicted octanol–water partition coefficient (Wildman–Crippen LogP) is 1.14. The molecule has 1 aliphatic heterocycles. The van der Waals surface area contributed by atoms with Crippen LogP contribution in [0.25, 0.3) is 0 Å². The molecule has 5 nitrogen and oxygen atoms in total. The van der Waals surface area contributed by atoms with Crippen LogP contribution >= 0.6 is 23.1 Å². The van der Waals surface area contributed by atoms with Crippen molar-refractivity contribution in [1.29, 1.82) is 0 Å². The summed E-state index contributed by atoms with van der Waals surface area (Å²) in [6.45, 7) is 1.41. The van der Waals surface area contributed by atoms with Crippen molar-refractivity contribution in [2.24, 2.45) is 0 Å². The van der Waals surface area contributed by atoms with Gasteiger partial charge in [0.1, 0.15) is 16.6 Å². The summed E-state index contributed by atoms with van der Waals surface area (Å²) in [5.41, 5.74) is 0.630. The van der Waals surface area contributed by atoms with Gasteiger partial charge in [0.2, 0.25) is 0 Å². The van der Waals surface area contributed by atoms with Gasteiger partial charge in [-0.25, -0.2) is 4.79 Å². The average Bonchev–Trinajstić information content (AvgIpc) is 2.65. The number of nitrogens with zero attached hydrogens (tertiary/aromatic N) is 3. The zero-order valence-electron chi connectivity index (χ0n) is 6.57. The summed E-state index contributed by atoms with van der Waals surface area (Å²) in [6.07, 6.45) is -0.316. The molecule has 70 valence electrons. The molecule has 0 spiro atoms. The minimum atomic E-state index is -0.316. The number of hydrogen-bond acceptors (Lipinski definition) is 5. The number of cyclic esters (lactones) is 1. The number of rotatable bonds is 2. The van der Waals surface area contributed by atoms with E-state index in [0.29, 0.717) is 29.7 Å². The molecule has 0 radical (unpaired) electrons. The Morgan fingerprint density at radius 1 is 1.69 bits per heavy atom. The maximum Gasteiger partial charge on any atom is 0.410 e. The average molecular weight is 220 g/mol. The van der Waals surface area contributed by atoms with Gasteiger partial charge in [0.25, 0.3) is 0 Å². The topological polar surface area (TPSA) is 55.3 Å². The zero-order valence-corrected chi connectivity index (χ0v) is 8.14. The van der Waals surface area contributed by atoms with Crippen molar-refractivity contribution in [2.45, 2.75) is 6.54 Å². The van der Waals surface area contributed by atoms with Crippen molar-refractivity contribution < 1.29 is 9.53 Å². The van der Waals surface area contributed by atoms with Crippen LogP contribution in [-0.4, -0.2) is 33.7 Å². The number of amides is 1. The molecule has 0 N–H and O–H groups in total. The van der Waals surface area contributed by atoms with Crippen molar-refractivity contribution in [2.75, 3.05) is 13.2 Å². The maximum atomic E-state index is 11.0. The van der Waals surface area contributed by atoms with E-state index in [2.05, 4.69) is 9.59 Å². The highest BCUT2D eigenvalue weighted by atomic mass is 35.5. The molecule has 1 saturated heterocycles. The molecule has 2 rings (SSSR count). The lowest BCUT2D eigenvalue weighted by Crippen LogP contribution is -2.23. The number of hydrogen-bond donors (Lipinski definition) is 0. The SMILES string of the molecule is O=C1OCCN1Cc1nnsc1Cl. The van der Waals surface area contributed by atoms with E-state index in [1.807, 2.05) is 0 Å². The monoisotopic (exact) mass is 219 g/mol. The predicted molar refractivity (Wildman–Crippen MR) is 46.7 cm³/mol. The van der Waals surface area contributed by atoms with E-state index in [-0.39, 0.29) is 6.09 Å². The first-order chi connectivity index (χ1) is 6.27. The highest BCUT2D eigenvalue weighted by Gasteiger charge is 2.23. The molecule has 1 fully saturated rings. The van der Waals surface area contributed by atoms with Gasteiger partial charge in [-0.15, -0.1) is 5.10 Å². The third-order valence-corrected chi connectivity index (χ3v) is 2.68. The highest BCUT2D eigenvalue weighted by Crippen LogP contribution is 2.19. The van der Waals surface area contributed by atoms with Gasteiger partial charge >= 0.3 is 6.09 Å². The summed E-state index contributed by atoms with van der Waals surface area (Å²) in [5, 5.41) is 3.80. The van der Waals surface area contributed by atoms with Gasteiger partial charge in [0.05, 0.1) is 13.1 Å². The molecule has 0 aromatic carbocycles. The Labute approximate surface area is 83.4 Å². The van der Waals surface area contributed by atoms with Crippen LogP contribution in [0, 0.1) is 0 Å². The van der Waals surface area contributed by atoms with E-state index in [9.17, 15) is 4.79 Å². The Morgan fingerprint density at radius 2 is 2.54 bits per heavy atom. The first kappa shape index (κ1) is 8.71. The lowest BCUT2D eigenvalue weighted by molar-refractivity contribution is 0.157. The van der Waals surface area contributed by atoms with Gasteiger partial charge in [-0.1, -0.05) is 16.1 Å². The Kier molecular flexibility index (Phi) is 2.32. The van der Waals surface area contributed by atoms with Gasteiger partial charge in [-0.3, -0.25) is 4.90 Å². The molecule has 0 saturated carbocycles. The Morgan fingerprint density at radius 3 is 3.08 bits per heavy atom. The minimum absolute atomic E-state index is 0.316. The molecule has 1 aromatic rings. The van der Waals surface area contributed by atoms with Crippen LogP contribution in [0.15, 0.2) is 0 Å². The summed E-state index contributed by atoms with van der Waals surface area (Å²) < 4.78 is 8.95. The molecule has 2 heterocycles. The van der Waals surface area contributed by atoms with Crippen LogP contribution in [0.5, 0.6) is 0 Å². The van der Waals surface area contributed by atoms with Crippen LogP contribution in [0.3, 0.4) is 0 Å². The summed E-state index contributed by atoms with van der Waals surface area (Å²) in [5.74, 6) is 0. The number of ether oxygens (including phenoxy) is 1. The van der Waals surface area contributed by atoms with Crippen LogP contribution in [0.4, 0.5) is 4.79 Å². The fourth-order valence-electron chi connectivity index (χ4n) is 1.04. The van der Waals surface area contributed by atoms with Gasteiger partial charge in [0.15, 0.2) is 0 Å². The third-order valence-electron chi connectivity index (χ3n) is 1.69. The molecule has 1 aromatic heterocycles. The molecule has 0 aliphatic carbocycles. The van der Waals surface area contributed by atoms with Crippen molar-refractivity contribution in [1.82, 2.24) is 14.5 Å². The van der Waals surface area contributed by atoms with Crippen LogP contribution in [0.1, 0.15) is 5.69 Å². The van der Waals surface area contributed by atoms with E-state index in [1.165, 1.54) is 0 Å². The van der Waals surface area contributed by atoms with Crippen molar-refractivity contribution in [3.63, 3.8) is 0 Å². The molecule has 13 heavy (non-hydrogen) atoms. The summed E-state index contributed by atoms with van der Waals surface area (Å²) >= 11 is 6.90. The number of halogens is 1. The molecular weight excluding hydrogens is 214 g/mol. The molecule has 1 amide bonds. The molecule has 0 atom stereocenters. The fourth-order valence-corrected chi connectivity index (χ4v) is 1.65. The largest absolute Gasteiger partial charge is 0.448 e. The first-order valence-electron chi connectivity index (χ1n) is 3.66. The van der Waals surface area contributed by atoms with E-state index in [1.54, 1.807) is 4.90 Å². The van der Waals surface area contributed by atoms with Crippen LogP contribution in [0.2, 0.25) is 4.34 Å². The van der Waals surface area contributed by atoms with E-state index in [0.717, 1.165) is 11.5 Å². The molecular formula is C6H6ClN3O2S. The summed E-state index contributed by atoms with van der Waals surface area (Å²) in [6, 6.07) is 0. The van der Waals surface area contributed by atoms with Crippen LogP contribution in [-0.2, 0) is 11.3 Å². The number of carbonyl (C=O) groups excluding carboxylic acids is 1.